The molecule has 0 aromatic rings. The van der Waals surface area contributed by atoms with Crippen molar-refractivity contribution in [3.05, 3.63) is 0 Å². The number of amides is 4. The second kappa shape index (κ2) is 7.84. The second-order valence-electron chi connectivity index (χ2n) is 9.08. The van der Waals surface area contributed by atoms with Crippen LogP contribution < -0.4 is 10.9 Å². The third-order valence-corrected chi connectivity index (χ3v) is 7.10. The zero-order valence-electron chi connectivity index (χ0n) is 16.9. The Hall–Kier alpha value is -2.32. The lowest BCUT2D eigenvalue weighted by Gasteiger charge is -2.55. The summed E-state index contributed by atoms with van der Waals surface area (Å²) in [4.78, 5) is 52.2. The predicted octanol–water partition coefficient (Wildman–Crippen LogP) is 0.651. The standard InChI is InChI=1S/C20H30N4O5/c1-2-29-19(28)24-5-3-23(4-6-24)17(26)16(25)21-22-18(27)20-10-13-7-14(11-20)9-15(8-13)12-20/h13-15H,2-12H2,1H3,(H,21,25)(H,22,27). The van der Waals surface area contributed by atoms with Crippen LogP contribution in [-0.4, -0.2) is 66.4 Å². The van der Waals surface area contributed by atoms with Crippen molar-refractivity contribution >= 4 is 23.8 Å². The molecule has 0 radical (unpaired) electrons. The van der Waals surface area contributed by atoms with Crippen LogP contribution >= 0.6 is 0 Å². The highest BCUT2D eigenvalue weighted by Crippen LogP contribution is 2.60. The van der Waals surface area contributed by atoms with Crippen LogP contribution in [0.15, 0.2) is 0 Å². The van der Waals surface area contributed by atoms with Crippen LogP contribution in [0.4, 0.5) is 4.79 Å². The summed E-state index contributed by atoms with van der Waals surface area (Å²) in [7, 11) is 0. The van der Waals surface area contributed by atoms with Gasteiger partial charge in [0.1, 0.15) is 0 Å². The number of hydrogen-bond acceptors (Lipinski definition) is 5. The number of carbonyl (C=O) groups excluding carboxylic acids is 4. The van der Waals surface area contributed by atoms with Gasteiger partial charge in [0.25, 0.3) is 0 Å². The number of ether oxygens (including phenoxy) is 1. The van der Waals surface area contributed by atoms with E-state index in [1.54, 1.807) is 6.92 Å². The Morgan fingerprint density at radius 1 is 0.862 bits per heavy atom. The third-order valence-electron chi connectivity index (χ3n) is 7.10. The monoisotopic (exact) mass is 406 g/mol. The Morgan fingerprint density at radius 2 is 1.38 bits per heavy atom. The minimum atomic E-state index is -0.840. The van der Waals surface area contributed by atoms with Gasteiger partial charge in [0, 0.05) is 26.2 Å². The Balaban J connectivity index is 1.25. The number of piperazine rings is 1. The minimum Gasteiger partial charge on any atom is -0.450 e. The number of nitrogens with zero attached hydrogens (tertiary/aromatic N) is 2. The van der Waals surface area contributed by atoms with Gasteiger partial charge in [0.2, 0.25) is 5.91 Å². The molecular weight excluding hydrogens is 376 g/mol. The van der Waals surface area contributed by atoms with Crippen LogP contribution in [0.2, 0.25) is 0 Å². The summed E-state index contributed by atoms with van der Waals surface area (Å²) in [5, 5.41) is 0. The molecule has 9 nitrogen and oxygen atoms in total. The molecule has 29 heavy (non-hydrogen) atoms. The van der Waals surface area contributed by atoms with Crippen LogP contribution in [0.5, 0.6) is 0 Å². The summed E-state index contributed by atoms with van der Waals surface area (Å²) in [6.45, 7) is 3.18. The molecule has 4 saturated carbocycles. The smallest absolute Gasteiger partial charge is 0.409 e. The normalized spacial score (nSPS) is 32.7. The van der Waals surface area contributed by atoms with E-state index in [0.29, 0.717) is 37.5 Å². The van der Waals surface area contributed by atoms with Crippen LogP contribution in [0.1, 0.15) is 45.4 Å². The molecule has 5 rings (SSSR count). The van der Waals surface area contributed by atoms with E-state index in [2.05, 4.69) is 10.9 Å². The molecule has 2 N–H and O–H groups in total. The van der Waals surface area contributed by atoms with E-state index in [4.69, 9.17) is 4.74 Å². The highest BCUT2D eigenvalue weighted by molar-refractivity contribution is 6.35. The van der Waals surface area contributed by atoms with Crippen molar-refractivity contribution in [3.63, 3.8) is 0 Å². The van der Waals surface area contributed by atoms with Crippen LogP contribution in [0, 0.1) is 23.2 Å². The fraction of sp³-hybridized carbons (Fsp3) is 0.800. The molecule has 1 heterocycles. The van der Waals surface area contributed by atoms with Crippen molar-refractivity contribution in [1.82, 2.24) is 20.7 Å². The molecule has 1 saturated heterocycles. The van der Waals surface area contributed by atoms with E-state index in [-0.39, 0.29) is 24.4 Å². The molecule has 9 heteroatoms. The summed E-state index contributed by atoms with van der Waals surface area (Å²) in [6.07, 6.45) is 5.96. The van der Waals surface area contributed by atoms with Gasteiger partial charge < -0.3 is 14.5 Å². The van der Waals surface area contributed by atoms with Crippen molar-refractivity contribution in [2.24, 2.45) is 23.2 Å². The van der Waals surface area contributed by atoms with Gasteiger partial charge in [0.15, 0.2) is 0 Å². The summed E-state index contributed by atoms with van der Waals surface area (Å²) in [5.41, 5.74) is 4.48. The molecule has 0 aromatic heterocycles. The maximum absolute atomic E-state index is 12.9. The molecule has 4 aliphatic carbocycles. The molecule has 0 unspecified atom stereocenters. The highest BCUT2D eigenvalue weighted by Gasteiger charge is 2.54. The van der Waals surface area contributed by atoms with Gasteiger partial charge in [-0.15, -0.1) is 0 Å². The van der Waals surface area contributed by atoms with Gasteiger partial charge in [-0.3, -0.25) is 25.2 Å². The van der Waals surface area contributed by atoms with Gasteiger partial charge in [0.05, 0.1) is 12.0 Å². The van der Waals surface area contributed by atoms with Crippen molar-refractivity contribution in [3.8, 4) is 0 Å². The maximum Gasteiger partial charge on any atom is 0.409 e. The molecule has 0 aromatic carbocycles. The molecule has 0 atom stereocenters. The molecule has 5 fully saturated rings. The number of hydrazine groups is 1. The topological polar surface area (TPSA) is 108 Å². The first kappa shape index (κ1) is 20.0. The molecule has 4 bridgehead atoms. The van der Waals surface area contributed by atoms with E-state index in [1.165, 1.54) is 29.1 Å². The summed E-state index contributed by atoms with van der Waals surface area (Å²) in [6, 6.07) is 0. The van der Waals surface area contributed by atoms with E-state index in [1.807, 2.05) is 0 Å². The first-order valence-corrected chi connectivity index (χ1v) is 10.7. The lowest BCUT2D eigenvalue weighted by molar-refractivity contribution is -0.152. The summed E-state index contributed by atoms with van der Waals surface area (Å²) < 4.78 is 4.95. The van der Waals surface area contributed by atoms with E-state index in [9.17, 15) is 19.2 Å². The highest BCUT2D eigenvalue weighted by atomic mass is 16.6. The molecule has 0 spiro atoms. The zero-order chi connectivity index (χ0) is 20.6. The van der Waals surface area contributed by atoms with E-state index < -0.39 is 17.9 Å². The fourth-order valence-electron chi connectivity index (χ4n) is 6.14. The molecule has 4 amide bonds. The van der Waals surface area contributed by atoms with Gasteiger partial charge in [-0.25, -0.2) is 4.79 Å². The van der Waals surface area contributed by atoms with E-state index >= 15 is 0 Å². The number of nitrogens with one attached hydrogen (secondary N) is 2. The fourth-order valence-corrected chi connectivity index (χ4v) is 6.14. The summed E-state index contributed by atoms with van der Waals surface area (Å²) in [5.74, 6) is 0.192. The zero-order valence-corrected chi connectivity index (χ0v) is 16.9. The van der Waals surface area contributed by atoms with Gasteiger partial charge >= 0.3 is 17.9 Å². The SMILES string of the molecule is CCOC(=O)N1CCN(C(=O)C(=O)NNC(=O)C23CC4CC(CC(C4)C2)C3)CC1. The Morgan fingerprint density at radius 3 is 1.90 bits per heavy atom. The Bertz CT molecular complexity index is 666. The first-order valence-electron chi connectivity index (χ1n) is 10.7. The van der Waals surface area contributed by atoms with Crippen LogP contribution in [0.25, 0.3) is 0 Å². The number of carbonyl (C=O) groups is 4. The molecular formula is C20H30N4O5. The lowest BCUT2D eigenvalue weighted by atomic mass is 9.49. The predicted molar refractivity (Wildman–Crippen MR) is 102 cm³/mol. The molecule has 1 aliphatic heterocycles. The number of hydrogen-bond donors (Lipinski definition) is 2. The van der Waals surface area contributed by atoms with Gasteiger partial charge in [-0.05, 0) is 63.2 Å². The van der Waals surface area contributed by atoms with Crippen molar-refractivity contribution in [2.75, 3.05) is 32.8 Å². The molecule has 160 valence electrons. The van der Waals surface area contributed by atoms with Crippen molar-refractivity contribution in [2.45, 2.75) is 45.4 Å². The Labute approximate surface area is 170 Å². The lowest BCUT2D eigenvalue weighted by Crippen LogP contribution is -2.59. The first-order chi connectivity index (χ1) is 13.9. The van der Waals surface area contributed by atoms with Crippen molar-refractivity contribution in [1.29, 1.82) is 0 Å². The average molecular weight is 406 g/mol. The number of rotatable bonds is 2. The quantitative estimate of drug-likeness (QED) is 0.517. The average Bonchev–Trinajstić information content (AvgIpc) is 2.70. The largest absolute Gasteiger partial charge is 0.450 e. The maximum atomic E-state index is 12.9. The van der Waals surface area contributed by atoms with Gasteiger partial charge in [-0.2, -0.15) is 0 Å². The second-order valence-corrected chi connectivity index (χ2v) is 9.08. The Kier molecular flexibility index (Phi) is 5.40. The van der Waals surface area contributed by atoms with Crippen LogP contribution in [-0.2, 0) is 19.1 Å². The third kappa shape index (κ3) is 3.91. The van der Waals surface area contributed by atoms with Crippen LogP contribution in [0.3, 0.4) is 0 Å². The van der Waals surface area contributed by atoms with Crippen molar-refractivity contribution < 1.29 is 23.9 Å². The van der Waals surface area contributed by atoms with E-state index in [0.717, 1.165) is 19.3 Å². The summed E-state index contributed by atoms with van der Waals surface area (Å²) >= 11 is 0. The minimum absolute atomic E-state index is 0.148. The van der Waals surface area contributed by atoms with Gasteiger partial charge in [-0.1, -0.05) is 0 Å². The molecule has 5 aliphatic rings.